The highest BCUT2D eigenvalue weighted by Crippen LogP contribution is 2.23. The van der Waals surface area contributed by atoms with E-state index in [9.17, 15) is 8.78 Å². The van der Waals surface area contributed by atoms with E-state index in [0.717, 1.165) is 22.7 Å². The molecule has 21 heavy (non-hydrogen) atoms. The third kappa shape index (κ3) is 2.51. The van der Waals surface area contributed by atoms with Gasteiger partial charge < -0.3 is 4.57 Å². The number of aromatic nitrogens is 2. The zero-order valence-electron chi connectivity index (χ0n) is 11.4. The maximum absolute atomic E-state index is 13.9. The Bertz CT molecular complexity index is 811. The van der Waals surface area contributed by atoms with E-state index in [0.29, 0.717) is 11.4 Å². The van der Waals surface area contributed by atoms with E-state index in [1.807, 2.05) is 29.7 Å². The van der Waals surface area contributed by atoms with Crippen LogP contribution in [0.4, 0.5) is 8.78 Å². The van der Waals surface area contributed by atoms with Gasteiger partial charge in [0.25, 0.3) is 0 Å². The summed E-state index contributed by atoms with van der Waals surface area (Å²) in [5.74, 6) is -0.244. The first-order valence-corrected chi connectivity index (χ1v) is 7.08. The van der Waals surface area contributed by atoms with Crippen molar-refractivity contribution in [1.29, 1.82) is 0 Å². The van der Waals surface area contributed by atoms with Crippen LogP contribution >= 0.6 is 11.6 Å². The Morgan fingerprint density at radius 2 is 2.00 bits per heavy atom. The van der Waals surface area contributed by atoms with Crippen LogP contribution in [0.25, 0.3) is 11.0 Å². The molecule has 3 aromatic rings. The maximum atomic E-state index is 13.9. The molecule has 0 radical (unpaired) electrons. The second-order valence-corrected chi connectivity index (χ2v) is 5.19. The highest BCUT2D eigenvalue weighted by atomic mass is 35.5. The predicted octanol–water partition coefficient (Wildman–Crippen LogP) is 4.41. The molecule has 0 aliphatic heterocycles. The van der Waals surface area contributed by atoms with Crippen LogP contribution in [0.5, 0.6) is 0 Å². The molecule has 108 valence electrons. The zero-order valence-corrected chi connectivity index (χ0v) is 12.2. The van der Waals surface area contributed by atoms with Gasteiger partial charge in [0.05, 0.1) is 23.5 Å². The number of fused-ring (bicyclic) bond motifs is 1. The first-order valence-electron chi connectivity index (χ1n) is 6.55. The average molecular weight is 307 g/mol. The molecule has 0 aliphatic carbocycles. The van der Waals surface area contributed by atoms with Crippen LogP contribution in [-0.2, 0) is 12.4 Å². The van der Waals surface area contributed by atoms with Crippen LogP contribution in [0.2, 0.25) is 0 Å². The van der Waals surface area contributed by atoms with Gasteiger partial charge in [-0.15, -0.1) is 11.6 Å². The number of hydrogen-bond donors (Lipinski definition) is 0. The number of rotatable bonds is 3. The fourth-order valence-corrected chi connectivity index (χ4v) is 2.64. The number of alkyl halides is 1. The molecular formula is C16H13ClF2N2. The zero-order chi connectivity index (χ0) is 15.0. The van der Waals surface area contributed by atoms with Gasteiger partial charge in [-0.2, -0.15) is 0 Å². The molecule has 2 nitrogen and oxygen atoms in total. The lowest BCUT2D eigenvalue weighted by molar-refractivity contribution is 0.566. The summed E-state index contributed by atoms with van der Waals surface area (Å²) in [5.41, 5.74) is 3.20. The van der Waals surface area contributed by atoms with Gasteiger partial charge in [0.2, 0.25) is 0 Å². The molecule has 5 heteroatoms. The molecule has 0 unspecified atom stereocenters. The molecule has 0 bridgehead atoms. The van der Waals surface area contributed by atoms with E-state index in [2.05, 4.69) is 4.98 Å². The number of halogens is 3. The van der Waals surface area contributed by atoms with Crippen LogP contribution in [0, 0.1) is 18.6 Å². The predicted molar refractivity (Wildman–Crippen MR) is 79.5 cm³/mol. The Morgan fingerprint density at radius 1 is 1.19 bits per heavy atom. The molecule has 2 aromatic carbocycles. The van der Waals surface area contributed by atoms with Crippen LogP contribution in [-0.4, -0.2) is 9.55 Å². The Balaban J connectivity index is 2.13. The second-order valence-electron chi connectivity index (χ2n) is 4.93. The smallest absolute Gasteiger partial charge is 0.131 e. The van der Waals surface area contributed by atoms with Crippen LogP contribution < -0.4 is 0 Å². The molecule has 1 heterocycles. The van der Waals surface area contributed by atoms with Gasteiger partial charge >= 0.3 is 0 Å². The van der Waals surface area contributed by atoms with Crippen LogP contribution in [0.1, 0.15) is 17.0 Å². The van der Waals surface area contributed by atoms with E-state index in [1.54, 1.807) is 0 Å². The van der Waals surface area contributed by atoms with Crippen molar-refractivity contribution in [3.8, 4) is 0 Å². The minimum Gasteiger partial charge on any atom is -0.322 e. The van der Waals surface area contributed by atoms with Gasteiger partial charge in [0.15, 0.2) is 0 Å². The van der Waals surface area contributed by atoms with Crippen molar-refractivity contribution in [3.63, 3.8) is 0 Å². The number of hydrogen-bond acceptors (Lipinski definition) is 1. The van der Waals surface area contributed by atoms with Crippen molar-refractivity contribution in [2.24, 2.45) is 0 Å². The summed E-state index contributed by atoms with van der Waals surface area (Å²) in [5, 5.41) is 0. The van der Waals surface area contributed by atoms with E-state index >= 15 is 0 Å². The monoisotopic (exact) mass is 306 g/mol. The average Bonchev–Trinajstić information content (AvgIpc) is 2.81. The first-order chi connectivity index (χ1) is 10.1. The Morgan fingerprint density at radius 3 is 2.71 bits per heavy atom. The summed E-state index contributed by atoms with van der Waals surface area (Å²) in [6.07, 6.45) is 0. The first kappa shape index (κ1) is 14.0. The Kier molecular flexibility index (Phi) is 3.64. The SMILES string of the molecule is Cc1cccc2c1nc(CCl)n2Cc1ccc(F)cc1F. The summed E-state index contributed by atoms with van der Waals surface area (Å²) in [6.45, 7) is 2.24. The molecule has 0 spiro atoms. The topological polar surface area (TPSA) is 17.8 Å². The van der Waals surface area contributed by atoms with Crippen molar-refractivity contribution in [2.45, 2.75) is 19.3 Å². The van der Waals surface area contributed by atoms with Gasteiger partial charge in [-0.3, -0.25) is 0 Å². The number of benzene rings is 2. The number of imidazole rings is 1. The summed E-state index contributed by atoms with van der Waals surface area (Å²) < 4.78 is 28.7. The molecule has 0 saturated heterocycles. The number of para-hydroxylation sites is 1. The minimum absolute atomic E-state index is 0.233. The Labute approximate surface area is 126 Å². The summed E-state index contributed by atoms with van der Waals surface area (Å²) in [7, 11) is 0. The number of nitrogens with zero attached hydrogens (tertiary/aromatic N) is 2. The normalized spacial score (nSPS) is 11.2. The van der Waals surface area contributed by atoms with Gasteiger partial charge in [0, 0.05) is 11.6 Å². The lowest BCUT2D eigenvalue weighted by Gasteiger charge is -2.09. The quantitative estimate of drug-likeness (QED) is 0.655. The fraction of sp³-hybridized carbons (Fsp3) is 0.188. The molecule has 0 N–H and O–H groups in total. The van der Waals surface area contributed by atoms with E-state index in [1.165, 1.54) is 12.1 Å². The summed E-state index contributed by atoms with van der Waals surface area (Å²) in [4.78, 5) is 4.51. The lowest BCUT2D eigenvalue weighted by atomic mass is 10.2. The van der Waals surface area contributed by atoms with Gasteiger partial charge in [-0.1, -0.05) is 18.2 Å². The lowest BCUT2D eigenvalue weighted by Crippen LogP contribution is -2.05. The standard InChI is InChI=1S/C16H13ClF2N2/c1-10-3-2-4-14-16(10)20-15(8-17)21(14)9-11-5-6-12(18)7-13(11)19/h2-7H,8-9H2,1H3. The molecule has 0 saturated carbocycles. The summed E-state index contributed by atoms with van der Waals surface area (Å²) in [6, 6.07) is 9.41. The molecule has 0 amide bonds. The summed E-state index contributed by atoms with van der Waals surface area (Å²) >= 11 is 5.95. The highest BCUT2D eigenvalue weighted by Gasteiger charge is 2.13. The van der Waals surface area contributed by atoms with E-state index in [-0.39, 0.29) is 12.4 Å². The third-order valence-electron chi connectivity index (χ3n) is 3.52. The molecule has 0 aliphatic rings. The Hall–Kier alpha value is -1.94. The van der Waals surface area contributed by atoms with Crippen molar-refractivity contribution >= 4 is 22.6 Å². The highest BCUT2D eigenvalue weighted by molar-refractivity contribution is 6.16. The van der Waals surface area contributed by atoms with Crippen molar-refractivity contribution in [1.82, 2.24) is 9.55 Å². The van der Waals surface area contributed by atoms with E-state index < -0.39 is 11.6 Å². The molecule has 0 fully saturated rings. The van der Waals surface area contributed by atoms with Gasteiger partial charge in [-0.25, -0.2) is 13.8 Å². The van der Waals surface area contributed by atoms with Crippen LogP contribution in [0.15, 0.2) is 36.4 Å². The molecule has 1 aromatic heterocycles. The maximum Gasteiger partial charge on any atom is 0.131 e. The molecule has 0 atom stereocenters. The second kappa shape index (κ2) is 5.45. The third-order valence-corrected chi connectivity index (χ3v) is 3.76. The van der Waals surface area contributed by atoms with Gasteiger partial charge in [-0.05, 0) is 24.6 Å². The molecular weight excluding hydrogens is 294 g/mol. The van der Waals surface area contributed by atoms with Gasteiger partial charge in [0.1, 0.15) is 17.5 Å². The van der Waals surface area contributed by atoms with Crippen molar-refractivity contribution < 1.29 is 8.78 Å². The molecule has 3 rings (SSSR count). The largest absolute Gasteiger partial charge is 0.322 e. The fourth-order valence-electron chi connectivity index (χ4n) is 2.43. The van der Waals surface area contributed by atoms with Crippen molar-refractivity contribution in [2.75, 3.05) is 0 Å². The number of aryl methyl sites for hydroxylation is 1. The van der Waals surface area contributed by atoms with Crippen molar-refractivity contribution in [3.05, 3.63) is 65.0 Å². The van der Waals surface area contributed by atoms with E-state index in [4.69, 9.17) is 11.6 Å². The minimum atomic E-state index is -0.583. The van der Waals surface area contributed by atoms with Crippen LogP contribution in [0.3, 0.4) is 0 Å².